The molecule has 2 aromatic carbocycles. The summed E-state index contributed by atoms with van der Waals surface area (Å²) in [5.74, 6) is 0.516. The Bertz CT molecular complexity index is 1070. The average molecular weight is 431 g/mol. The quantitative estimate of drug-likeness (QED) is 0.329. The van der Waals surface area contributed by atoms with Gasteiger partial charge in [-0.25, -0.2) is 0 Å². The van der Waals surface area contributed by atoms with Gasteiger partial charge in [0.15, 0.2) is 5.78 Å². The smallest absolute Gasteiger partial charge is 0.416 e. The van der Waals surface area contributed by atoms with Crippen molar-refractivity contribution in [1.29, 1.82) is 0 Å². The van der Waals surface area contributed by atoms with Gasteiger partial charge in [0.1, 0.15) is 17.0 Å². The molecule has 3 rings (SSSR count). The van der Waals surface area contributed by atoms with E-state index in [1.54, 1.807) is 25.3 Å². The van der Waals surface area contributed by atoms with E-state index in [9.17, 15) is 18.0 Å². The minimum Gasteiger partial charge on any atom is -0.462 e. The Labute approximate surface area is 177 Å². The van der Waals surface area contributed by atoms with Crippen LogP contribution in [0.15, 0.2) is 65.2 Å². The summed E-state index contributed by atoms with van der Waals surface area (Å²) in [7, 11) is 0. The van der Waals surface area contributed by atoms with Crippen molar-refractivity contribution in [1.82, 2.24) is 5.32 Å². The first kappa shape index (κ1) is 21.8. The highest BCUT2D eigenvalue weighted by atomic mass is 32.2. The number of carbonyl (C=O) groups excluding carboxylic acids is 1. The van der Waals surface area contributed by atoms with Gasteiger partial charge in [0.25, 0.3) is 0 Å². The van der Waals surface area contributed by atoms with Crippen molar-refractivity contribution in [2.75, 3.05) is 0 Å². The normalized spacial score (nSPS) is 15.0. The van der Waals surface area contributed by atoms with Crippen molar-refractivity contribution in [2.24, 2.45) is 0 Å². The van der Waals surface area contributed by atoms with Gasteiger partial charge < -0.3 is 10.1 Å². The second-order valence-corrected chi connectivity index (χ2v) is 7.83. The van der Waals surface area contributed by atoms with Gasteiger partial charge in [-0.3, -0.25) is 4.79 Å². The molecule has 2 aromatic rings. The van der Waals surface area contributed by atoms with E-state index in [0.717, 1.165) is 23.3 Å². The number of Topliss-reactive ketones (excluding diaryl/α,β-unsaturated/α-hetero) is 1. The number of alkyl halides is 3. The summed E-state index contributed by atoms with van der Waals surface area (Å²) >= 11 is 1.37. The molecule has 0 aliphatic carbocycles. The van der Waals surface area contributed by atoms with Crippen LogP contribution in [0.5, 0.6) is 5.75 Å². The van der Waals surface area contributed by atoms with Crippen molar-refractivity contribution in [3.8, 4) is 5.75 Å². The number of carbonyl (C=O) groups is 1. The minimum absolute atomic E-state index is 0.0982. The minimum atomic E-state index is -4.36. The molecule has 1 aliphatic rings. The van der Waals surface area contributed by atoms with Crippen LogP contribution in [-0.2, 0) is 6.18 Å². The second kappa shape index (κ2) is 8.44. The maximum atomic E-state index is 12.7. The molecule has 0 unspecified atom stereocenters. The molecule has 0 amide bonds. The molecular formula is C23H20F3NO2S. The first-order chi connectivity index (χ1) is 14.1. The van der Waals surface area contributed by atoms with E-state index < -0.39 is 11.7 Å². The topological polar surface area (TPSA) is 38.3 Å². The Hall–Kier alpha value is -2.93. The van der Waals surface area contributed by atoms with Crippen LogP contribution >= 0.6 is 11.8 Å². The van der Waals surface area contributed by atoms with Crippen LogP contribution in [-0.4, -0.2) is 5.78 Å². The Morgan fingerprint density at radius 2 is 1.77 bits per heavy atom. The van der Waals surface area contributed by atoms with Gasteiger partial charge in [-0.15, -0.1) is 0 Å². The Morgan fingerprint density at radius 1 is 1.10 bits per heavy atom. The Balaban J connectivity index is 1.70. The summed E-state index contributed by atoms with van der Waals surface area (Å²) in [6.07, 6.45) is -2.82. The number of nitrogens with one attached hydrogen (secondary N) is 1. The Morgan fingerprint density at radius 3 is 2.37 bits per heavy atom. The lowest BCUT2D eigenvalue weighted by Gasteiger charge is -2.13. The third-order valence-corrected chi connectivity index (χ3v) is 5.55. The van der Waals surface area contributed by atoms with E-state index in [0.29, 0.717) is 33.2 Å². The molecule has 0 bridgehead atoms. The summed E-state index contributed by atoms with van der Waals surface area (Å²) in [5.41, 5.74) is 3.40. The maximum absolute atomic E-state index is 12.7. The highest BCUT2D eigenvalue weighted by Crippen LogP contribution is 2.34. The maximum Gasteiger partial charge on any atom is 0.416 e. The molecule has 0 aromatic heterocycles. The van der Waals surface area contributed by atoms with E-state index in [4.69, 9.17) is 4.74 Å². The summed E-state index contributed by atoms with van der Waals surface area (Å²) in [6.45, 7) is 9.11. The fourth-order valence-corrected chi connectivity index (χ4v) is 3.58. The van der Waals surface area contributed by atoms with Crippen molar-refractivity contribution >= 4 is 23.2 Å². The predicted molar refractivity (Wildman–Crippen MR) is 114 cm³/mol. The van der Waals surface area contributed by atoms with E-state index >= 15 is 0 Å². The van der Waals surface area contributed by atoms with Crippen molar-refractivity contribution in [3.63, 3.8) is 0 Å². The van der Waals surface area contributed by atoms with Crippen molar-refractivity contribution in [2.45, 2.75) is 26.9 Å². The van der Waals surface area contributed by atoms with E-state index in [1.165, 1.54) is 23.9 Å². The summed E-state index contributed by atoms with van der Waals surface area (Å²) < 4.78 is 43.9. The molecule has 1 N–H and O–H groups in total. The van der Waals surface area contributed by atoms with Crippen LogP contribution < -0.4 is 10.1 Å². The zero-order valence-electron chi connectivity index (χ0n) is 16.7. The lowest BCUT2D eigenvalue weighted by atomic mass is 9.96. The second-order valence-electron chi connectivity index (χ2n) is 6.92. The number of hydrogen-bond donors (Lipinski definition) is 1. The fourth-order valence-electron chi connectivity index (χ4n) is 2.87. The molecule has 0 saturated heterocycles. The van der Waals surface area contributed by atoms with Gasteiger partial charge >= 0.3 is 6.18 Å². The number of hydrogen-bond acceptors (Lipinski definition) is 4. The largest absolute Gasteiger partial charge is 0.462 e. The number of rotatable bonds is 5. The molecule has 156 valence electrons. The predicted octanol–water partition coefficient (Wildman–Crippen LogP) is 6.59. The fraction of sp³-hybridized carbons (Fsp3) is 0.174. The summed E-state index contributed by atoms with van der Waals surface area (Å²) in [6, 6.07) is 8.42. The van der Waals surface area contributed by atoms with Crippen molar-refractivity contribution < 1.29 is 22.7 Å². The number of benzene rings is 2. The third kappa shape index (κ3) is 4.62. The highest BCUT2D eigenvalue weighted by Gasteiger charge is 2.30. The molecular weight excluding hydrogens is 411 g/mol. The number of halogens is 3. The lowest BCUT2D eigenvalue weighted by Crippen LogP contribution is -2.08. The molecule has 0 spiro atoms. The number of ether oxygens (including phenoxy) is 1. The molecule has 0 saturated carbocycles. The molecule has 0 fully saturated rings. The van der Waals surface area contributed by atoms with Gasteiger partial charge in [0.2, 0.25) is 0 Å². The Kier molecular flexibility index (Phi) is 6.12. The van der Waals surface area contributed by atoms with Crippen LogP contribution in [0.25, 0.3) is 5.70 Å². The number of allylic oxidation sites excluding steroid dienone is 1. The summed E-state index contributed by atoms with van der Waals surface area (Å²) in [5, 5.41) is 5.64. The molecule has 1 aliphatic heterocycles. The molecule has 1 heterocycles. The van der Waals surface area contributed by atoms with Crippen LogP contribution in [0.3, 0.4) is 0 Å². The molecule has 7 heteroatoms. The lowest BCUT2D eigenvalue weighted by molar-refractivity contribution is -0.137. The van der Waals surface area contributed by atoms with Gasteiger partial charge in [0.05, 0.1) is 11.3 Å². The number of ketones is 1. The molecule has 0 radical (unpaired) electrons. The van der Waals surface area contributed by atoms with Gasteiger partial charge in [0, 0.05) is 11.0 Å². The van der Waals surface area contributed by atoms with Crippen LogP contribution in [0.2, 0.25) is 0 Å². The van der Waals surface area contributed by atoms with E-state index in [-0.39, 0.29) is 5.78 Å². The molecule has 0 atom stereocenters. The summed E-state index contributed by atoms with van der Waals surface area (Å²) in [4.78, 5) is 12.2. The molecule has 3 nitrogen and oxygen atoms in total. The monoisotopic (exact) mass is 431 g/mol. The first-order valence-corrected chi connectivity index (χ1v) is 9.94. The van der Waals surface area contributed by atoms with E-state index in [2.05, 4.69) is 11.9 Å². The zero-order valence-corrected chi connectivity index (χ0v) is 17.5. The third-order valence-electron chi connectivity index (χ3n) is 4.75. The van der Waals surface area contributed by atoms with Crippen LogP contribution in [0.1, 0.15) is 39.5 Å². The number of thioether (sulfide) groups is 1. The standard InChI is InChI=1S/C23H20F3NO2S/c1-13(2)22(28)18-9-10-20(15(4)14(18)3)29-11-21-27-19(12-30-21)16-5-7-17(8-6-16)23(24,25)26/h5-12,27H,1H2,2-4H3/b21-11+. The van der Waals surface area contributed by atoms with Crippen molar-refractivity contribution in [3.05, 3.63) is 93.1 Å². The average Bonchev–Trinajstić information content (AvgIpc) is 3.17. The van der Waals surface area contributed by atoms with Crippen LogP contribution in [0.4, 0.5) is 13.2 Å². The van der Waals surface area contributed by atoms with Crippen LogP contribution in [0, 0.1) is 13.8 Å². The van der Waals surface area contributed by atoms with Gasteiger partial charge in [-0.1, -0.05) is 30.5 Å². The van der Waals surface area contributed by atoms with Gasteiger partial charge in [-0.2, -0.15) is 13.2 Å². The first-order valence-electron chi connectivity index (χ1n) is 9.06. The molecule has 30 heavy (non-hydrogen) atoms. The highest BCUT2D eigenvalue weighted by molar-refractivity contribution is 8.06. The SMILES string of the molecule is C=C(C)C(=O)c1ccc(O/C=C2\NC(c3ccc(C(F)(F)F)cc3)=CS2)c(C)c1C. The van der Waals surface area contributed by atoms with E-state index in [1.807, 2.05) is 19.3 Å². The zero-order chi connectivity index (χ0) is 22.1. The van der Waals surface area contributed by atoms with Gasteiger partial charge in [-0.05, 0) is 67.3 Å².